The van der Waals surface area contributed by atoms with Gasteiger partial charge in [-0.3, -0.25) is 4.79 Å². The average molecular weight is 415 g/mol. The predicted octanol–water partition coefficient (Wildman–Crippen LogP) is 5.36. The van der Waals surface area contributed by atoms with Crippen molar-refractivity contribution in [2.75, 3.05) is 12.4 Å². The maximum absolute atomic E-state index is 12.7. The molecule has 6 heteroatoms. The van der Waals surface area contributed by atoms with Gasteiger partial charge in [-0.2, -0.15) is 0 Å². The predicted molar refractivity (Wildman–Crippen MR) is 122 cm³/mol. The molecule has 2 aromatic heterocycles. The molecule has 0 atom stereocenters. The molecule has 2 heterocycles. The molecule has 2 aromatic carbocycles. The van der Waals surface area contributed by atoms with Crippen LogP contribution in [0.25, 0.3) is 16.9 Å². The number of carbonyl (C=O) groups is 1. The van der Waals surface area contributed by atoms with Crippen molar-refractivity contribution in [3.05, 3.63) is 78.1 Å². The van der Waals surface area contributed by atoms with Crippen LogP contribution in [0.2, 0.25) is 0 Å². The Bertz CT molecular complexity index is 1210. The van der Waals surface area contributed by atoms with Crippen LogP contribution in [0.15, 0.2) is 66.9 Å². The van der Waals surface area contributed by atoms with Gasteiger partial charge >= 0.3 is 0 Å². The summed E-state index contributed by atoms with van der Waals surface area (Å²) in [5.74, 6) is 1.37. The zero-order valence-corrected chi connectivity index (χ0v) is 18.0. The fourth-order valence-corrected chi connectivity index (χ4v) is 3.42. The van der Waals surface area contributed by atoms with Gasteiger partial charge in [-0.15, -0.1) is 0 Å². The minimum absolute atomic E-state index is 0.0904. The summed E-state index contributed by atoms with van der Waals surface area (Å²) in [6.45, 7) is 5.95. The Kier molecular flexibility index (Phi) is 5.62. The molecule has 4 aromatic rings. The Morgan fingerprint density at radius 3 is 2.29 bits per heavy atom. The summed E-state index contributed by atoms with van der Waals surface area (Å²) < 4.78 is 12.8. The van der Waals surface area contributed by atoms with Crippen LogP contribution in [0.5, 0.6) is 11.5 Å². The molecular weight excluding hydrogens is 390 g/mol. The number of nitrogens with zero attached hydrogens (tertiary/aromatic N) is 2. The minimum atomic E-state index is -0.177. The molecule has 1 N–H and O–H groups in total. The monoisotopic (exact) mass is 415 g/mol. The molecule has 158 valence electrons. The Labute approximate surface area is 181 Å². The van der Waals surface area contributed by atoms with Crippen LogP contribution < -0.4 is 14.8 Å². The molecule has 0 aliphatic rings. The lowest BCUT2D eigenvalue weighted by Gasteiger charge is -2.10. The van der Waals surface area contributed by atoms with Gasteiger partial charge in [0.1, 0.15) is 17.1 Å². The van der Waals surface area contributed by atoms with E-state index in [4.69, 9.17) is 14.5 Å². The minimum Gasteiger partial charge on any atom is -0.497 e. The lowest BCUT2D eigenvalue weighted by Crippen LogP contribution is -2.12. The van der Waals surface area contributed by atoms with Crippen molar-refractivity contribution in [2.24, 2.45) is 0 Å². The van der Waals surface area contributed by atoms with E-state index in [1.165, 1.54) is 0 Å². The first-order valence-electron chi connectivity index (χ1n) is 10.2. The van der Waals surface area contributed by atoms with E-state index in [0.717, 1.165) is 34.1 Å². The highest BCUT2D eigenvalue weighted by molar-refractivity contribution is 6.04. The summed E-state index contributed by atoms with van der Waals surface area (Å²) in [4.78, 5) is 17.4. The first-order valence-corrected chi connectivity index (χ1v) is 10.2. The second-order valence-electron chi connectivity index (χ2n) is 7.57. The molecule has 0 bridgehead atoms. The van der Waals surface area contributed by atoms with E-state index < -0.39 is 0 Å². The van der Waals surface area contributed by atoms with Crippen molar-refractivity contribution in [1.29, 1.82) is 0 Å². The highest BCUT2D eigenvalue weighted by Crippen LogP contribution is 2.27. The molecule has 0 saturated heterocycles. The first kappa shape index (κ1) is 20.5. The van der Waals surface area contributed by atoms with Crippen LogP contribution in [0, 0.1) is 6.92 Å². The molecule has 0 radical (unpaired) electrons. The standard InChI is InChI=1S/C25H25N3O3/c1-16(2)31-22-12-7-19(8-13-22)25(29)26-20-9-14-23-27-24(17(3)28(23)15-20)18-5-10-21(30-4)11-6-18/h5-16H,1-4H3,(H,26,29). The van der Waals surface area contributed by atoms with Gasteiger partial charge in [0, 0.05) is 23.0 Å². The molecule has 0 saturated carbocycles. The third-order valence-corrected chi connectivity index (χ3v) is 4.97. The van der Waals surface area contributed by atoms with Crippen LogP contribution >= 0.6 is 0 Å². The number of anilines is 1. The fraction of sp³-hybridized carbons (Fsp3) is 0.200. The van der Waals surface area contributed by atoms with Gasteiger partial charge in [-0.25, -0.2) is 4.98 Å². The number of pyridine rings is 1. The third kappa shape index (κ3) is 4.38. The third-order valence-electron chi connectivity index (χ3n) is 4.97. The smallest absolute Gasteiger partial charge is 0.255 e. The van der Waals surface area contributed by atoms with Gasteiger partial charge in [-0.05, 0) is 81.4 Å². The van der Waals surface area contributed by atoms with Gasteiger partial charge in [-0.1, -0.05) is 0 Å². The molecule has 0 aliphatic carbocycles. The molecule has 6 nitrogen and oxygen atoms in total. The molecule has 31 heavy (non-hydrogen) atoms. The zero-order valence-electron chi connectivity index (χ0n) is 18.0. The van der Waals surface area contributed by atoms with E-state index in [0.29, 0.717) is 11.3 Å². The number of carbonyl (C=O) groups excluding carboxylic acids is 1. The van der Waals surface area contributed by atoms with Gasteiger partial charge in [0.05, 0.1) is 24.6 Å². The second-order valence-corrected chi connectivity index (χ2v) is 7.57. The Morgan fingerprint density at radius 1 is 0.968 bits per heavy atom. The van der Waals surface area contributed by atoms with Gasteiger partial charge < -0.3 is 19.2 Å². The van der Waals surface area contributed by atoms with Crippen LogP contribution in [0.3, 0.4) is 0 Å². The lowest BCUT2D eigenvalue weighted by molar-refractivity contribution is 0.102. The number of fused-ring (bicyclic) bond motifs is 1. The van der Waals surface area contributed by atoms with E-state index >= 15 is 0 Å². The average Bonchev–Trinajstić information content (AvgIpc) is 3.10. The second kappa shape index (κ2) is 8.52. The maximum atomic E-state index is 12.7. The number of nitrogens with one attached hydrogen (secondary N) is 1. The van der Waals surface area contributed by atoms with Gasteiger partial charge in [0.25, 0.3) is 5.91 Å². The van der Waals surface area contributed by atoms with Crippen molar-refractivity contribution in [2.45, 2.75) is 26.9 Å². The van der Waals surface area contributed by atoms with Crippen LogP contribution in [0.1, 0.15) is 29.9 Å². The molecule has 0 fully saturated rings. The van der Waals surface area contributed by atoms with Crippen molar-refractivity contribution < 1.29 is 14.3 Å². The van der Waals surface area contributed by atoms with Gasteiger partial charge in [0.15, 0.2) is 0 Å². The largest absolute Gasteiger partial charge is 0.497 e. The Balaban J connectivity index is 1.56. The molecule has 4 rings (SSSR count). The molecule has 0 unspecified atom stereocenters. The van der Waals surface area contributed by atoms with E-state index in [1.54, 1.807) is 31.4 Å². The first-order chi connectivity index (χ1) is 14.9. The van der Waals surface area contributed by atoms with E-state index in [2.05, 4.69) is 5.32 Å². The van der Waals surface area contributed by atoms with Crippen molar-refractivity contribution in [3.63, 3.8) is 0 Å². The van der Waals surface area contributed by atoms with Crippen LogP contribution in [-0.4, -0.2) is 28.5 Å². The normalized spacial score (nSPS) is 11.0. The number of ether oxygens (including phenoxy) is 2. The number of hydrogen-bond donors (Lipinski definition) is 1. The zero-order chi connectivity index (χ0) is 22.0. The molecular formula is C25H25N3O3. The number of methoxy groups -OCH3 is 1. The SMILES string of the molecule is COc1ccc(-c2nc3ccc(NC(=O)c4ccc(OC(C)C)cc4)cn3c2C)cc1. The number of amides is 1. The van der Waals surface area contributed by atoms with E-state index in [1.807, 2.05) is 67.8 Å². The summed E-state index contributed by atoms with van der Waals surface area (Å²) in [5, 5.41) is 2.96. The quantitative estimate of drug-likeness (QED) is 0.461. The maximum Gasteiger partial charge on any atom is 0.255 e. The summed E-state index contributed by atoms with van der Waals surface area (Å²) in [6.07, 6.45) is 1.98. The summed E-state index contributed by atoms with van der Waals surface area (Å²) in [7, 11) is 1.65. The van der Waals surface area contributed by atoms with Crippen LogP contribution in [-0.2, 0) is 0 Å². The Hall–Kier alpha value is -3.80. The summed E-state index contributed by atoms with van der Waals surface area (Å²) in [5.41, 5.74) is 4.98. The lowest BCUT2D eigenvalue weighted by atomic mass is 10.1. The van der Waals surface area contributed by atoms with Crippen molar-refractivity contribution in [1.82, 2.24) is 9.38 Å². The van der Waals surface area contributed by atoms with E-state index in [-0.39, 0.29) is 12.0 Å². The molecule has 0 spiro atoms. The van der Waals surface area contributed by atoms with E-state index in [9.17, 15) is 4.79 Å². The Morgan fingerprint density at radius 2 is 1.65 bits per heavy atom. The van der Waals surface area contributed by atoms with Crippen molar-refractivity contribution >= 4 is 17.2 Å². The summed E-state index contributed by atoms with van der Waals surface area (Å²) in [6, 6.07) is 18.7. The number of aromatic nitrogens is 2. The number of hydrogen-bond acceptors (Lipinski definition) is 4. The fourth-order valence-electron chi connectivity index (χ4n) is 3.42. The topological polar surface area (TPSA) is 64.9 Å². The van der Waals surface area contributed by atoms with Crippen molar-refractivity contribution in [3.8, 4) is 22.8 Å². The number of rotatable bonds is 6. The summed E-state index contributed by atoms with van der Waals surface area (Å²) >= 11 is 0. The number of aryl methyl sites for hydroxylation is 1. The van der Waals surface area contributed by atoms with Gasteiger partial charge in [0.2, 0.25) is 0 Å². The number of benzene rings is 2. The highest BCUT2D eigenvalue weighted by Gasteiger charge is 2.13. The van der Waals surface area contributed by atoms with Crippen LogP contribution in [0.4, 0.5) is 5.69 Å². The number of imidazole rings is 1. The molecule has 0 aliphatic heterocycles. The highest BCUT2D eigenvalue weighted by atomic mass is 16.5. The molecule has 1 amide bonds.